The topological polar surface area (TPSA) is 41.5 Å². The van der Waals surface area contributed by atoms with Gasteiger partial charge in [0.2, 0.25) is 0 Å². The van der Waals surface area contributed by atoms with Gasteiger partial charge < -0.3 is 15.2 Å². The third-order valence-electron chi connectivity index (χ3n) is 2.82. The van der Waals surface area contributed by atoms with Gasteiger partial charge in [-0.25, -0.2) is 4.39 Å². The number of halogens is 1. The van der Waals surface area contributed by atoms with E-state index < -0.39 is 0 Å². The average Bonchev–Trinajstić information content (AvgIpc) is 2.45. The van der Waals surface area contributed by atoms with Gasteiger partial charge in [0, 0.05) is 12.2 Å². The van der Waals surface area contributed by atoms with Gasteiger partial charge in [-0.3, -0.25) is 0 Å². The minimum Gasteiger partial charge on any atom is -0.494 e. The second kappa shape index (κ2) is 6.20. The molecule has 0 atom stereocenters. The van der Waals surface area contributed by atoms with Crippen molar-refractivity contribution in [3.05, 3.63) is 59.4 Å². The zero-order valence-corrected chi connectivity index (χ0v) is 10.7. The SMILES string of the molecule is COc1ccc(CNc2cccc(CO)c2)cc1F. The van der Waals surface area contributed by atoms with Crippen LogP contribution in [-0.2, 0) is 13.2 Å². The van der Waals surface area contributed by atoms with Crippen LogP contribution in [0.1, 0.15) is 11.1 Å². The van der Waals surface area contributed by atoms with E-state index >= 15 is 0 Å². The Morgan fingerprint density at radius 1 is 1.16 bits per heavy atom. The first-order valence-electron chi connectivity index (χ1n) is 5.99. The van der Waals surface area contributed by atoms with Crippen molar-refractivity contribution in [3.63, 3.8) is 0 Å². The minimum atomic E-state index is -0.370. The van der Waals surface area contributed by atoms with E-state index in [4.69, 9.17) is 9.84 Å². The Hall–Kier alpha value is -2.07. The Morgan fingerprint density at radius 2 is 2.00 bits per heavy atom. The van der Waals surface area contributed by atoms with Gasteiger partial charge in [0.1, 0.15) is 0 Å². The molecular weight excluding hydrogens is 245 g/mol. The third-order valence-corrected chi connectivity index (χ3v) is 2.82. The van der Waals surface area contributed by atoms with Gasteiger partial charge >= 0.3 is 0 Å². The molecule has 0 aliphatic heterocycles. The maximum absolute atomic E-state index is 13.5. The van der Waals surface area contributed by atoms with Gasteiger partial charge in [0.15, 0.2) is 11.6 Å². The van der Waals surface area contributed by atoms with E-state index in [1.807, 2.05) is 30.3 Å². The first kappa shape index (κ1) is 13.4. The number of hydrogen-bond acceptors (Lipinski definition) is 3. The van der Waals surface area contributed by atoms with Crippen molar-refractivity contribution < 1.29 is 14.2 Å². The van der Waals surface area contributed by atoms with Crippen LogP contribution in [-0.4, -0.2) is 12.2 Å². The Balaban J connectivity index is 2.03. The molecule has 0 saturated heterocycles. The standard InChI is InChI=1S/C15H16FNO2/c1-19-15-6-5-11(8-14(15)16)9-17-13-4-2-3-12(7-13)10-18/h2-8,17-18H,9-10H2,1H3. The van der Waals surface area contributed by atoms with E-state index in [1.54, 1.807) is 6.07 Å². The normalized spacial score (nSPS) is 10.3. The predicted octanol–water partition coefficient (Wildman–Crippen LogP) is 2.94. The van der Waals surface area contributed by atoms with Crippen LogP contribution in [0.4, 0.5) is 10.1 Å². The summed E-state index contributed by atoms with van der Waals surface area (Å²) in [5, 5.41) is 12.2. The summed E-state index contributed by atoms with van der Waals surface area (Å²) in [6.07, 6.45) is 0. The fourth-order valence-electron chi connectivity index (χ4n) is 1.80. The maximum Gasteiger partial charge on any atom is 0.165 e. The van der Waals surface area contributed by atoms with Gasteiger partial charge in [-0.05, 0) is 35.4 Å². The van der Waals surface area contributed by atoms with Gasteiger partial charge in [-0.1, -0.05) is 18.2 Å². The zero-order valence-electron chi connectivity index (χ0n) is 10.7. The molecule has 2 aromatic carbocycles. The highest BCUT2D eigenvalue weighted by molar-refractivity contribution is 5.46. The van der Waals surface area contributed by atoms with E-state index in [1.165, 1.54) is 13.2 Å². The van der Waals surface area contributed by atoms with Crippen molar-refractivity contribution in [2.75, 3.05) is 12.4 Å². The molecule has 0 saturated carbocycles. The summed E-state index contributed by atoms with van der Waals surface area (Å²) in [4.78, 5) is 0. The Labute approximate surface area is 111 Å². The summed E-state index contributed by atoms with van der Waals surface area (Å²) < 4.78 is 18.4. The lowest BCUT2D eigenvalue weighted by atomic mass is 10.2. The number of methoxy groups -OCH3 is 1. The maximum atomic E-state index is 13.5. The lowest BCUT2D eigenvalue weighted by molar-refractivity contribution is 0.282. The quantitative estimate of drug-likeness (QED) is 0.869. The highest BCUT2D eigenvalue weighted by Gasteiger charge is 2.03. The number of ether oxygens (including phenoxy) is 1. The second-order valence-electron chi connectivity index (χ2n) is 4.18. The van der Waals surface area contributed by atoms with E-state index in [0.717, 1.165) is 16.8 Å². The smallest absolute Gasteiger partial charge is 0.165 e. The van der Waals surface area contributed by atoms with Crippen molar-refractivity contribution in [2.24, 2.45) is 0 Å². The van der Waals surface area contributed by atoms with E-state index in [9.17, 15) is 4.39 Å². The van der Waals surface area contributed by atoms with Crippen molar-refractivity contribution in [1.82, 2.24) is 0 Å². The molecule has 0 unspecified atom stereocenters. The van der Waals surface area contributed by atoms with Crippen LogP contribution in [0.3, 0.4) is 0 Å². The fourth-order valence-corrected chi connectivity index (χ4v) is 1.80. The Morgan fingerprint density at radius 3 is 2.68 bits per heavy atom. The van der Waals surface area contributed by atoms with Crippen molar-refractivity contribution in [1.29, 1.82) is 0 Å². The molecule has 2 aromatic rings. The van der Waals surface area contributed by atoms with E-state index in [0.29, 0.717) is 6.54 Å². The third kappa shape index (κ3) is 3.45. The summed E-state index contributed by atoms with van der Waals surface area (Å²) in [5.74, 6) is -0.128. The summed E-state index contributed by atoms with van der Waals surface area (Å²) >= 11 is 0. The highest BCUT2D eigenvalue weighted by Crippen LogP contribution is 2.19. The number of anilines is 1. The molecule has 0 spiro atoms. The molecule has 2 N–H and O–H groups in total. The second-order valence-corrected chi connectivity index (χ2v) is 4.18. The lowest BCUT2D eigenvalue weighted by Gasteiger charge is -2.09. The molecule has 19 heavy (non-hydrogen) atoms. The molecule has 3 nitrogen and oxygen atoms in total. The average molecular weight is 261 g/mol. The van der Waals surface area contributed by atoms with Crippen LogP contribution in [0.15, 0.2) is 42.5 Å². The molecule has 2 rings (SSSR count). The summed E-state index contributed by atoms with van der Waals surface area (Å²) in [7, 11) is 1.44. The number of hydrogen-bond donors (Lipinski definition) is 2. The monoisotopic (exact) mass is 261 g/mol. The molecule has 100 valence electrons. The van der Waals surface area contributed by atoms with E-state index in [-0.39, 0.29) is 18.2 Å². The van der Waals surface area contributed by atoms with Gasteiger partial charge in [-0.15, -0.1) is 0 Å². The number of benzene rings is 2. The van der Waals surface area contributed by atoms with E-state index in [2.05, 4.69) is 5.32 Å². The predicted molar refractivity (Wildman–Crippen MR) is 72.6 cm³/mol. The molecule has 0 radical (unpaired) electrons. The molecule has 0 bridgehead atoms. The highest BCUT2D eigenvalue weighted by atomic mass is 19.1. The first-order valence-corrected chi connectivity index (χ1v) is 5.99. The van der Waals surface area contributed by atoms with Crippen LogP contribution in [0.2, 0.25) is 0 Å². The summed E-state index contributed by atoms with van der Waals surface area (Å²) in [6, 6.07) is 12.3. The molecule has 0 fully saturated rings. The van der Waals surface area contributed by atoms with Crippen molar-refractivity contribution in [3.8, 4) is 5.75 Å². The van der Waals surface area contributed by atoms with Crippen LogP contribution >= 0.6 is 0 Å². The minimum absolute atomic E-state index is 0.00663. The molecular formula is C15H16FNO2. The largest absolute Gasteiger partial charge is 0.494 e. The summed E-state index contributed by atoms with van der Waals surface area (Å²) in [6.45, 7) is 0.516. The van der Waals surface area contributed by atoms with Gasteiger partial charge in [0.05, 0.1) is 13.7 Å². The number of nitrogens with one attached hydrogen (secondary N) is 1. The zero-order chi connectivity index (χ0) is 13.7. The van der Waals surface area contributed by atoms with Crippen molar-refractivity contribution in [2.45, 2.75) is 13.2 Å². The molecule has 0 aliphatic carbocycles. The molecule has 0 heterocycles. The van der Waals surface area contributed by atoms with Crippen LogP contribution < -0.4 is 10.1 Å². The Kier molecular flexibility index (Phi) is 4.36. The van der Waals surface area contributed by atoms with Crippen LogP contribution in [0.25, 0.3) is 0 Å². The van der Waals surface area contributed by atoms with Crippen LogP contribution in [0, 0.1) is 5.82 Å². The summed E-state index contributed by atoms with van der Waals surface area (Å²) in [5.41, 5.74) is 2.56. The molecule has 4 heteroatoms. The first-order chi connectivity index (χ1) is 9.22. The lowest BCUT2D eigenvalue weighted by Crippen LogP contribution is -2.01. The van der Waals surface area contributed by atoms with Crippen LogP contribution in [0.5, 0.6) is 5.75 Å². The molecule has 0 aliphatic rings. The number of aliphatic hydroxyl groups excluding tert-OH is 1. The number of rotatable bonds is 5. The fraction of sp³-hybridized carbons (Fsp3) is 0.200. The number of aliphatic hydroxyl groups is 1. The Bertz CT molecular complexity index is 558. The molecule has 0 aromatic heterocycles. The van der Waals surface area contributed by atoms with Gasteiger partial charge in [-0.2, -0.15) is 0 Å². The van der Waals surface area contributed by atoms with Gasteiger partial charge in [0.25, 0.3) is 0 Å². The van der Waals surface area contributed by atoms with Crippen molar-refractivity contribution >= 4 is 5.69 Å². The molecule has 0 amide bonds.